The summed E-state index contributed by atoms with van der Waals surface area (Å²) in [4.78, 5) is 28.0. The highest BCUT2D eigenvalue weighted by Gasteiger charge is 2.34. The zero-order chi connectivity index (χ0) is 24.5. The largest absolute Gasteiger partial charge is 0.473 e. The van der Waals surface area contributed by atoms with Crippen molar-refractivity contribution in [1.82, 2.24) is 18.5 Å². The molecule has 2 aliphatic heterocycles. The molecule has 2 amide bonds. The minimum Gasteiger partial charge on any atom is -0.473 e. The van der Waals surface area contributed by atoms with E-state index in [-0.39, 0.29) is 25.0 Å². The van der Waals surface area contributed by atoms with E-state index in [1.54, 1.807) is 24.3 Å². The van der Waals surface area contributed by atoms with E-state index in [2.05, 4.69) is 26.8 Å². The number of carbonyl (C=O) groups excluding carboxylic acids is 2. The van der Waals surface area contributed by atoms with Gasteiger partial charge in [0.2, 0.25) is 0 Å². The SMILES string of the molecule is CN1CCC=C(c2nsnc2OCCOCCOCCOCCN2C(=O)c3ccccc3C2=O)C1. The first-order valence-corrected chi connectivity index (χ1v) is 12.4. The molecular formula is C24H30N4O6S. The Labute approximate surface area is 208 Å². The van der Waals surface area contributed by atoms with Crippen LogP contribution in [0.15, 0.2) is 30.3 Å². The van der Waals surface area contributed by atoms with Crippen LogP contribution in [0.25, 0.3) is 5.57 Å². The Hall–Kier alpha value is -2.70. The summed E-state index contributed by atoms with van der Waals surface area (Å²) in [5, 5.41) is 0. The second-order valence-corrected chi connectivity index (χ2v) is 8.70. The fourth-order valence-electron chi connectivity index (χ4n) is 3.87. The molecule has 2 aliphatic rings. The number of nitrogens with zero attached hydrogens (tertiary/aromatic N) is 4. The maximum absolute atomic E-state index is 12.3. The van der Waals surface area contributed by atoms with E-state index in [9.17, 15) is 9.59 Å². The van der Waals surface area contributed by atoms with Gasteiger partial charge in [0.05, 0.1) is 69.0 Å². The number of amides is 2. The van der Waals surface area contributed by atoms with Crippen molar-refractivity contribution in [2.24, 2.45) is 0 Å². The van der Waals surface area contributed by atoms with Crippen molar-refractivity contribution in [3.05, 3.63) is 47.2 Å². The second-order valence-electron chi connectivity index (χ2n) is 8.17. The van der Waals surface area contributed by atoms with Gasteiger partial charge in [0.25, 0.3) is 17.7 Å². The fraction of sp³-hybridized carbons (Fsp3) is 0.500. The smallest absolute Gasteiger partial charge is 0.261 e. The van der Waals surface area contributed by atoms with Gasteiger partial charge in [-0.15, -0.1) is 4.37 Å². The minimum absolute atomic E-state index is 0.222. The quantitative estimate of drug-likeness (QED) is 0.283. The molecule has 10 nitrogen and oxygen atoms in total. The summed E-state index contributed by atoms with van der Waals surface area (Å²) in [6.07, 6.45) is 3.20. The predicted molar refractivity (Wildman–Crippen MR) is 130 cm³/mol. The van der Waals surface area contributed by atoms with E-state index < -0.39 is 0 Å². The van der Waals surface area contributed by atoms with Crippen molar-refractivity contribution >= 4 is 29.1 Å². The third-order valence-electron chi connectivity index (χ3n) is 5.65. The van der Waals surface area contributed by atoms with Crippen LogP contribution >= 0.6 is 11.7 Å². The van der Waals surface area contributed by atoms with Crippen LogP contribution in [-0.2, 0) is 14.2 Å². The Kier molecular flexibility index (Phi) is 9.32. The molecule has 3 heterocycles. The number of imide groups is 1. The van der Waals surface area contributed by atoms with Crippen LogP contribution < -0.4 is 4.74 Å². The molecule has 0 saturated heterocycles. The standard InChI is InChI=1S/C24H30N4O6S/c1-27-8-4-5-18(17-27)21-22(26-35-25-21)34-16-15-33-14-13-32-12-11-31-10-9-28-23(29)19-6-2-3-7-20(19)24(28)30/h2-3,5-7H,4,8-17H2,1H3. The van der Waals surface area contributed by atoms with Crippen molar-refractivity contribution in [3.8, 4) is 5.88 Å². The minimum atomic E-state index is -0.271. The summed E-state index contributed by atoms with van der Waals surface area (Å²) in [6, 6.07) is 6.84. The monoisotopic (exact) mass is 502 g/mol. The number of aromatic nitrogens is 2. The van der Waals surface area contributed by atoms with Crippen LogP contribution in [0.2, 0.25) is 0 Å². The third kappa shape index (κ3) is 6.71. The van der Waals surface area contributed by atoms with Gasteiger partial charge in [0.1, 0.15) is 12.3 Å². The van der Waals surface area contributed by atoms with Gasteiger partial charge in [-0.1, -0.05) is 18.2 Å². The van der Waals surface area contributed by atoms with E-state index in [1.807, 2.05) is 0 Å². The van der Waals surface area contributed by atoms with Crippen molar-refractivity contribution in [1.29, 1.82) is 0 Å². The average molecular weight is 503 g/mol. The van der Waals surface area contributed by atoms with Gasteiger partial charge in [-0.3, -0.25) is 14.5 Å². The van der Waals surface area contributed by atoms with E-state index in [0.29, 0.717) is 56.6 Å². The Morgan fingerprint density at radius 1 is 0.886 bits per heavy atom. The van der Waals surface area contributed by atoms with Crippen LogP contribution in [0, 0.1) is 0 Å². The predicted octanol–water partition coefficient (Wildman–Crippen LogP) is 1.98. The zero-order valence-corrected chi connectivity index (χ0v) is 20.6. The van der Waals surface area contributed by atoms with Crippen LogP contribution in [0.3, 0.4) is 0 Å². The van der Waals surface area contributed by atoms with Gasteiger partial charge < -0.3 is 23.8 Å². The summed E-state index contributed by atoms with van der Waals surface area (Å²) in [5.41, 5.74) is 2.88. The summed E-state index contributed by atoms with van der Waals surface area (Å²) < 4.78 is 30.9. The van der Waals surface area contributed by atoms with Crippen molar-refractivity contribution < 1.29 is 28.5 Å². The highest BCUT2D eigenvalue weighted by molar-refractivity contribution is 6.99. The van der Waals surface area contributed by atoms with Crippen LogP contribution in [0.5, 0.6) is 5.88 Å². The van der Waals surface area contributed by atoms with E-state index in [0.717, 1.165) is 42.5 Å². The van der Waals surface area contributed by atoms with Crippen LogP contribution in [-0.4, -0.2) is 103 Å². The van der Waals surface area contributed by atoms with E-state index in [1.165, 1.54) is 4.90 Å². The maximum atomic E-state index is 12.3. The normalized spacial score (nSPS) is 16.0. The molecule has 0 saturated carbocycles. The number of benzene rings is 1. The summed E-state index contributed by atoms with van der Waals surface area (Å²) in [5.74, 6) is 0.0230. The summed E-state index contributed by atoms with van der Waals surface area (Å²) in [7, 11) is 2.09. The lowest BCUT2D eigenvalue weighted by Crippen LogP contribution is -2.33. The van der Waals surface area contributed by atoms with Crippen molar-refractivity contribution in [2.45, 2.75) is 6.42 Å². The Morgan fingerprint density at radius 3 is 2.17 bits per heavy atom. The molecule has 0 N–H and O–H groups in total. The van der Waals surface area contributed by atoms with Gasteiger partial charge in [-0.05, 0) is 31.2 Å². The highest BCUT2D eigenvalue weighted by Crippen LogP contribution is 2.27. The Bertz CT molecular complexity index is 1010. The first-order valence-electron chi connectivity index (χ1n) is 11.7. The van der Waals surface area contributed by atoms with Gasteiger partial charge in [0, 0.05) is 13.1 Å². The number of fused-ring (bicyclic) bond motifs is 1. The van der Waals surface area contributed by atoms with Gasteiger partial charge in [-0.25, -0.2) is 0 Å². The first-order chi connectivity index (χ1) is 17.1. The average Bonchev–Trinajstić information content (AvgIpc) is 3.43. The van der Waals surface area contributed by atoms with E-state index in [4.69, 9.17) is 18.9 Å². The molecule has 0 fully saturated rings. The lowest BCUT2D eigenvalue weighted by molar-refractivity contribution is 0.00655. The number of ether oxygens (including phenoxy) is 4. The van der Waals surface area contributed by atoms with Crippen molar-refractivity contribution in [2.75, 3.05) is 72.9 Å². The lowest BCUT2D eigenvalue weighted by atomic mass is 10.1. The molecule has 0 unspecified atom stereocenters. The molecule has 1 aromatic carbocycles. The van der Waals surface area contributed by atoms with Crippen LogP contribution in [0.1, 0.15) is 32.8 Å². The molecule has 0 atom stereocenters. The highest BCUT2D eigenvalue weighted by atomic mass is 32.1. The van der Waals surface area contributed by atoms with Crippen LogP contribution in [0.4, 0.5) is 0 Å². The number of likely N-dealkylation sites (N-methyl/N-ethyl adjacent to an activating group) is 1. The summed E-state index contributed by atoms with van der Waals surface area (Å²) >= 11 is 1.16. The molecule has 1 aromatic heterocycles. The van der Waals surface area contributed by atoms with Gasteiger partial charge in [-0.2, -0.15) is 4.37 Å². The molecule has 4 rings (SSSR count). The van der Waals surface area contributed by atoms with Gasteiger partial charge >= 0.3 is 0 Å². The molecular weight excluding hydrogens is 472 g/mol. The second kappa shape index (κ2) is 12.8. The summed E-state index contributed by atoms with van der Waals surface area (Å²) in [6.45, 7) is 4.86. The molecule has 0 radical (unpaired) electrons. The zero-order valence-electron chi connectivity index (χ0n) is 19.8. The Balaban J connectivity index is 1.00. The third-order valence-corrected chi connectivity index (χ3v) is 6.16. The molecule has 35 heavy (non-hydrogen) atoms. The molecule has 0 spiro atoms. The fourth-order valence-corrected chi connectivity index (χ4v) is 4.40. The molecule has 188 valence electrons. The number of rotatable bonds is 14. The topological polar surface area (TPSA) is 103 Å². The number of hydrogen-bond donors (Lipinski definition) is 0. The molecule has 11 heteroatoms. The molecule has 0 aliphatic carbocycles. The molecule has 2 aromatic rings. The van der Waals surface area contributed by atoms with E-state index >= 15 is 0 Å². The number of hydrogen-bond acceptors (Lipinski definition) is 10. The Morgan fingerprint density at radius 2 is 1.51 bits per heavy atom. The van der Waals surface area contributed by atoms with Gasteiger partial charge in [0.15, 0.2) is 0 Å². The van der Waals surface area contributed by atoms with Crippen molar-refractivity contribution in [3.63, 3.8) is 0 Å². The first kappa shape index (κ1) is 25.4. The lowest BCUT2D eigenvalue weighted by Gasteiger charge is -2.22. The molecule has 0 bridgehead atoms. The maximum Gasteiger partial charge on any atom is 0.261 e. The number of carbonyl (C=O) groups is 2.